The largest absolute Gasteiger partial charge is 0.329 e. The lowest BCUT2D eigenvalue weighted by Gasteiger charge is -2.20. The number of carbonyl (C=O) groups is 2. The van der Waals surface area contributed by atoms with Gasteiger partial charge in [0, 0.05) is 29.9 Å². The van der Waals surface area contributed by atoms with E-state index in [1.165, 1.54) is 17.0 Å². The second-order valence-electron chi connectivity index (χ2n) is 7.49. The summed E-state index contributed by atoms with van der Waals surface area (Å²) in [5, 5.41) is 2.81. The molecule has 0 spiro atoms. The van der Waals surface area contributed by atoms with E-state index in [-0.39, 0.29) is 30.1 Å². The Kier molecular flexibility index (Phi) is 5.93. The van der Waals surface area contributed by atoms with Crippen molar-refractivity contribution >= 4 is 17.8 Å². The summed E-state index contributed by atoms with van der Waals surface area (Å²) in [5.41, 5.74) is 2.21. The molecule has 0 bridgehead atoms. The van der Waals surface area contributed by atoms with Crippen LogP contribution in [0.1, 0.15) is 12.8 Å². The standard InChI is InChI=1S/C24H23FN4O2/c1-2-14-28(23(31)18-8-9-18)16-22(30)27-24-26-21(17-6-4-3-5-7-17)15-29(24)20-12-10-19(25)11-13-20/h2-7,10-13,15,18H,1,8-9,14,16H2,(H,26,27,30). The topological polar surface area (TPSA) is 67.2 Å². The number of anilines is 1. The van der Waals surface area contributed by atoms with Gasteiger partial charge >= 0.3 is 0 Å². The number of rotatable bonds is 8. The number of nitrogens with zero attached hydrogens (tertiary/aromatic N) is 3. The fraction of sp³-hybridized carbons (Fsp3) is 0.208. The zero-order valence-electron chi connectivity index (χ0n) is 17.0. The van der Waals surface area contributed by atoms with Gasteiger partial charge in [0.2, 0.25) is 17.8 Å². The number of hydrogen-bond donors (Lipinski definition) is 1. The Morgan fingerprint density at radius 1 is 1.16 bits per heavy atom. The smallest absolute Gasteiger partial charge is 0.246 e. The first-order chi connectivity index (χ1) is 15.0. The van der Waals surface area contributed by atoms with Crippen LogP contribution in [0.3, 0.4) is 0 Å². The molecule has 6 nitrogen and oxygen atoms in total. The van der Waals surface area contributed by atoms with Gasteiger partial charge in [-0.25, -0.2) is 9.37 Å². The fourth-order valence-electron chi connectivity index (χ4n) is 3.33. The van der Waals surface area contributed by atoms with Gasteiger partial charge in [0.05, 0.1) is 5.69 Å². The van der Waals surface area contributed by atoms with Crippen LogP contribution in [0.25, 0.3) is 16.9 Å². The molecule has 1 N–H and O–H groups in total. The second kappa shape index (κ2) is 8.95. The summed E-state index contributed by atoms with van der Waals surface area (Å²) < 4.78 is 15.1. The SMILES string of the molecule is C=CCN(CC(=O)Nc1nc(-c2ccccc2)cn1-c1ccc(F)cc1)C(=O)C1CC1. The molecular weight excluding hydrogens is 395 g/mol. The molecule has 0 atom stereocenters. The summed E-state index contributed by atoms with van der Waals surface area (Å²) in [6, 6.07) is 15.5. The van der Waals surface area contributed by atoms with Crippen LogP contribution in [0, 0.1) is 11.7 Å². The van der Waals surface area contributed by atoms with Crippen LogP contribution >= 0.6 is 0 Å². The lowest BCUT2D eigenvalue weighted by molar-refractivity contribution is -0.135. The maximum absolute atomic E-state index is 13.4. The highest BCUT2D eigenvalue weighted by molar-refractivity contribution is 5.94. The van der Waals surface area contributed by atoms with Gasteiger partial charge < -0.3 is 4.90 Å². The van der Waals surface area contributed by atoms with Gasteiger partial charge in [-0.1, -0.05) is 36.4 Å². The molecule has 1 heterocycles. The Balaban J connectivity index is 1.60. The minimum atomic E-state index is -0.357. The number of carbonyl (C=O) groups excluding carboxylic acids is 2. The quantitative estimate of drug-likeness (QED) is 0.562. The minimum absolute atomic E-state index is 0.0126. The van der Waals surface area contributed by atoms with Crippen molar-refractivity contribution in [2.24, 2.45) is 5.92 Å². The first kappa shape index (κ1) is 20.5. The van der Waals surface area contributed by atoms with Gasteiger partial charge in [0.15, 0.2) is 0 Å². The van der Waals surface area contributed by atoms with Crippen molar-refractivity contribution < 1.29 is 14.0 Å². The molecule has 1 fully saturated rings. The Morgan fingerprint density at radius 2 is 1.87 bits per heavy atom. The third-order valence-electron chi connectivity index (χ3n) is 5.05. The van der Waals surface area contributed by atoms with E-state index in [1.54, 1.807) is 29.0 Å². The monoisotopic (exact) mass is 418 g/mol. The summed E-state index contributed by atoms with van der Waals surface area (Å²) >= 11 is 0. The number of amides is 2. The van der Waals surface area contributed by atoms with Crippen molar-refractivity contribution in [3.8, 4) is 16.9 Å². The van der Waals surface area contributed by atoms with E-state index in [1.807, 2.05) is 30.3 Å². The van der Waals surface area contributed by atoms with E-state index in [0.717, 1.165) is 18.4 Å². The van der Waals surface area contributed by atoms with Crippen LogP contribution < -0.4 is 5.32 Å². The van der Waals surface area contributed by atoms with Crippen molar-refractivity contribution in [1.82, 2.24) is 14.5 Å². The Morgan fingerprint density at radius 3 is 2.52 bits per heavy atom. The molecule has 3 aromatic rings. The van der Waals surface area contributed by atoms with Crippen LogP contribution in [-0.4, -0.2) is 39.4 Å². The van der Waals surface area contributed by atoms with Gasteiger partial charge in [0.1, 0.15) is 12.4 Å². The molecule has 4 rings (SSSR count). The van der Waals surface area contributed by atoms with Crippen molar-refractivity contribution in [3.63, 3.8) is 0 Å². The Bertz CT molecular complexity index is 1090. The molecule has 0 radical (unpaired) electrons. The summed E-state index contributed by atoms with van der Waals surface area (Å²) in [5.74, 6) is -0.422. The maximum Gasteiger partial charge on any atom is 0.246 e. The number of nitrogens with one attached hydrogen (secondary N) is 1. The van der Waals surface area contributed by atoms with Gasteiger partial charge in [-0.15, -0.1) is 6.58 Å². The van der Waals surface area contributed by atoms with Crippen LogP contribution in [0.15, 0.2) is 73.4 Å². The molecule has 158 valence electrons. The average Bonchev–Trinajstić information content (AvgIpc) is 3.55. The first-order valence-corrected chi connectivity index (χ1v) is 10.2. The molecule has 2 amide bonds. The van der Waals surface area contributed by atoms with Crippen molar-refractivity contribution in [3.05, 3.63) is 79.3 Å². The highest BCUT2D eigenvalue weighted by atomic mass is 19.1. The third kappa shape index (κ3) is 4.88. The molecule has 1 aliphatic rings. The summed E-state index contributed by atoms with van der Waals surface area (Å²) in [7, 11) is 0. The number of halogens is 1. The molecule has 0 aliphatic heterocycles. The second-order valence-corrected chi connectivity index (χ2v) is 7.49. The van der Waals surface area contributed by atoms with Crippen LogP contribution in [0.4, 0.5) is 10.3 Å². The molecule has 1 aromatic heterocycles. The third-order valence-corrected chi connectivity index (χ3v) is 5.05. The Labute approximate surface area is 180 Å². The zero-order valence-corrected chi connectivity index (χ0v) is 17.0. The number of imidazole rings is 1. The number of benzene rings is 2. The van der Waals surface area contributed by atoms with Crippen LogP contribution in [-0.2, 0) is 9.59 Å². The molecule has 0 saturated heterocycles. The number of hydrogen-bond acceptors (Lipinski definition) is 3. The van der Waals surface area contributed by atoms with Crippen molar-refractivity contribution in [1.29, 1.82) is 0 Å². The van der Waals surface area contributed by atoms with Crippen molar-refractivity contribution in [2.45, 2.75) is 12.8 Å². The molecule has 7 heteroatoms. The maximum atomic E-state index is 13.4. The summed E-state index contributed by atoms with van der Waals surface area (Å²) in [6.07, 6.45) is 5.13. The molecule has 2 aromatic carbocycles. The minimum Gasteiger partial charge on any atom is -0.329 e. The lowest BCUT2D eigenvalue weighted by Crippen LogP contribution is -2.39. The predicted molar refractivity (Wildman–Crippen MR) is 117 cm³/mol. The lowest BCUT2D eigenvalue weighted by atomic mass is 10.2. The molecule has 0 unspecified atom stereocenters. The molecular formula is C24H23FN4O2. The van der Waals surface area contributed by atoms with Gasteiger partial charge in [-0.3, -0.25) is 19.5 Å². The van der Waals surface area contributed by atoms with E-state index in [9.17, 15) is 14.0 Å². The Hall–Kier alpha value is -3.74. The molecule has 1 aliphatic carbocycles. The fourth-order valence-corrected chi connectivity index (χ4v) is 3.33. The number of aromatic nitrogens is 2. The van der Waals surface area contributed by atoms with Gasteiger partial charge in [-0.05, 0) is 37.1 Å². The first-order valence-electron chi connectivity index (χ1n) is 10.2. The normalized spacial score (nSPS) is 12.9. The van der Waals surface area contributed by atoms with Crippen LogP contribution in [0.5, 0.6) is 0 Å². The van der Waals surface area contributed by atoms with Crippen LogP contribution in [0.2, 0.25) is 0 Å². The van der Waals surface area contributed by atoms with E-state index < -0.39 is 0 Å². The summed E-state index contributed by atoms with van der Waals surface area (Å²) in [6.45, 7) is 3.90. The zero-order chi connectivity index (χ0) is 21.8. The van der Waals surface area contributed by atoms with E-state index in [2.05, 4.69) is 16.9 Å². The van der Waals surface area contributed by atoms with E-state index in [4.69, 9.17) is 0 Å². The van der Waals surface area contributed by atoms with Gasteiger partial charge in [0.25, 0.3) is 0 Å². The van der Waals surface area contributed by atoms with Gasteiger partial charge in [-0.2, -0.15) is 0 Å². The average molecular weight is 418 g/mol. The van der Waals surface area contributed by atoms with E-state index in [0.29, 0.717) is 23.9 Å². The molecule has 1 saturated carbocycles. The highest BCUT2D eigenvalue weighted by Gasteiger charge is 2.33. The van der Waals surface area contributed by atoms with E-state index >= 15 is 0 Å². The predicted octanol–water partition coefficient (Wildman–Crippen LogP) is 4.04. The molecule has 31 heavy (non-hydrogen) atoms. The highest BCUT2D eigenvalue weighted by Crippen LogP contribution is 2.31. The van der Waals surface area contributed by atoms with Crippen molar-refractivity contribution in [2.75, 3.05) is 18.4 Å². The summed E-state index contributed by atoms with van der Waals surface area (Å²) in [4.78, 5) is 31.3.